The fourth-order valence-corrected chi connectivity index (χ4v) is 3.27. The SMILES string of the molecule is Cl.NC1(c2noc(C3CCN(c4ccc(Cl)cc4)C3=O)n2)CCC1. The second-order valence-electron chi connectivity index (χ2n) is 6.27. The predicted octanol–water partition coefficient (Wildman–Crippen LogP) is 3.00. The molecular weight excluding hydrogens is 351 g/mol. The van der Waals surface area contributed by atoms with Crippen molar-refractivity contribution in [3.8, 4) is 0 Å². The Bertz CT molecular complexity index is 743. The second kappa shape index (κ2) is 6.35. The number of amides is 1. The van der Waals surface area contributed by atoms with Gasteiger partial charge in [0, 0.05) is 17.3 Å². The molecule has 1 saturated carbocycles. The quantitative estimate of drug-likeness (QED) is 0.899. The van der Waals surface area contributed by atoms with Gasteiger partial charge in [-0.05, 0) is 49.9 Å². The van der Waals surface area contributed by atoms with E-state index in [2.05, 4.69) is 10.1 Å². The lowest BCUT2D eigenvalue weighted by atomic mass is 9.77. The van der Waals surface area contributed by atoms with Gasteiger partial charge in [0.1, 0.15) is 5.92 Å². The Labute approximate surface area is 150 Å². The van der Waals surface area contributed by atoms with Gasteiger partial charge in [0.2, 0.25) is 11.8 Å². The van der Waals surface area contributed by atoms with Crippen LogP contribution in [0.15, 0.2) is 28.8 Å². The van der Waals surface area contributed by atoms with Crippen LogP contribution < -0.4 is 10.6 Å². The number of halogens is 2. The molecule has 2 aromatic rings. The van der Waals surface area contributed by atoms with E-state index in [9.17, 15) is 4.79 Å². The molecule has 1 unspecified atom stereocenters. The molecule has 128 valence electrons. The molecule has 2 aliphatic rings. The van der Waals surface area contributed by atoms with E-state index in [-0.39, 0.29) is 18.3 Å². The highest BCUT2D eigenvalue weighted by molar-refractivity contribution is 6.30. The molecule has 1 aliphatic carbocycles. The predicted molar refractivity (Wildman–Crippen MR) is 92.4 cm³/mol. The summed E-state index contributed by atoms with van der Waals surface area (Å²) in [5.41, 5.74) is 6.57. The van der Waals surface area contributed by atoms with Crippen LogP contribution in [-0.2, 0) is 10.3 Å². The lowest BCUT2D eigenvalue weighted by Gasteiger charge is -2.34. The van der Waals surface area contributed by atoms with Gasteiger partial charge in [0.25, 0.3) is 0 Å². The van der Waals surface area contributed by atoms with Gasteiger partial charge in [-0.25, -0.2) is 0 Å². The summed E-state index contributed by atoms with van der Waals surface area (Å²) in [6.45, 7) is 0.622. The van der Waals surface area contributed by atoms with Crippen LogP contribution in [0.2, 0.25) is 5.02 Å². The van der Waals surface area contributed by atoms with Crippen LogP contribution in [0, 0.1) is 0 Å². The maximum Gasteiger partial charge on any atom is 0.239 e. The first-order valence-corrected chi connectivity index (χ1v) is 8.14. The molecule has 24 heavy (non-hydrogen) atoms. The third-order valence-electron chi connectivity index (χ3n) is 4.77. The first kappa shape index (κ1) is 17.2. The maximum atomic E-state index is 12.7. The maximum absolute atomic E-state index is 12.7. The van der Waals surface area contributed by atoms with Crippen molar-refractivity contribution in [1.82, 2.24) is 10.1 Å². The summed E-state index contributed by atoms with van der Waals surface area (Å²) in [7, 11) is 0. The number of nitrogens with two attached hydrogens (primary N) is 1. The topological polar surface area (TPSA) is 85.2 Å². The van der Waals surface area contributed by atoms with E-state index in [1.165, 1.54) is 0 Å². The Morgan fingerprint density at radius 1 is 1.29 bits per heavy atom. The van der Waals surface area contributed by atoms with E-state index < -0.39 is 11.5 Å². The lowest BCUT2D eigenvalue weighted by molar-refractivity contribution is -0.118. The van der Waals surface area contributed by atoms with Crippen molar-refractivity contribution in [3.05, 3.63) is 41.0 Å². The molecular formula is C16H18Cl2N4O2. The van der Waals surface area contributed by atoms with E-state index in [0.29, 0.717) is 29.7 Å². The molecule has 0 radical (unpaired) electrons. The highest BCUT2D eigenvalue weighted by Gasteiger charge is 2.42. The van der Waals surface area contributed by atoms with Crippen LogP contribution >= 0.6 is 24.0 Å². The highest BCUT2D eigenvalue weighted by Crippen LogP contribution is 2.38. The summed E-state index contributed by atoms with van der Waals surface area (Å²) < 4.78 is 5.33. The van der Waals surface area contributed by atoms with Gasteiger partial charge >= 0.3 is 0 Å². The first-order chi connectivity index (χ1) is 11.1. The van der Waals surface area contributed by atoms with Gasteiger partial charge in [-0.3, -0.25) is 4.79 Å². The van der Waals surface area contributed by atoms with Crippen LogP contribution in [0.1, 0.15) is 43.3 Å². The summed E-state index contributed by atoms with van der Waals surface area (Å²) >= 11 is 5.90. The van der Waals surface area contributed by atoms with Crippen LogP contribution in [-0.4, -0.2) is 22.6 Å². The van der Waals surface area contributed by atoms with E-state index in [4.69, 9.17) is 21.9 Å². The summed E-state index contributed by atoms with van der Waals surface area (Å²) in [5.74, 6) is 0.479. The molecule has 1 amide bonds. The van der Waals surface area contributed by atoms with Crippen molar-refractivity contribution in [3.63, 3.8) is 0 Å². The molecule has 1 atom stereocenters. The number of anilines is 1. The molecule has 1 saturated heterocycles. The minimum absolute atomic E-state index is 0. The Hall–Kier alpha value is -1.63. The summed E-state index contributed by atoms with van der Waals surface area (Å²) in [6.07, 6.45) is 3.46. The van der Waals surface area contributed by atoms with Crippen molar-refractivity contribution >= 4 is 35.6 Å². The van der Waals surface area contributed by atoms with Gasteiger partial charge in [-0.1, -0.05) is 16.8 Å². The number of nitrogens with zero attached hydrogens (tertiary/aromatic N) is 3. The number of hydrogen-bond donors (Lipinski definition) is 1. The normalized spacial score (nSPS) is 22.2. The van der Waals surface area contributed by atoms with Gasteiger partial charge < -0.3 is 15.2 Å². The second-order valence-corrected chi connectivity index (χ2v) is 6.71. The number of carbonyl (C=O) groups is 1. The Morgan fingerprint density at radius 2 is 2.00 bits per heavy atom. The number of carbonyl (C=O) groups excluding carboxylic acids is 1. The van der Waals surface area contributed by atoms with Crippen molar-refractivity contribution in [1.29, 1.82) is 0 Å². The molecule has 0 bridgehead atoms. The average molecular weight is 369 g/mol. The summed E-state index contributed by atoms with van der Waals surface area (Å²) in [5, 5.41) is 4.64. The summed E-state index contributed by atoms with van der Waals surface area (Å²) in [4.78, 5) is 18.8. The zero-order valence-corrected chi connectivity index (χ0v) is 14.5. The minimum Gasteiger partial charge on any atom is -0.338 e. The van der Waals surface area contributed by atoms with Gasteiger partial charge in [0.15, 0.2) is 5.82 Å². The smallest absolute Gasteiger partial charge is 0.239 e. The highest BCUT2D eigenvalue weighted by atomic mass is 35.5. The molecule has 4 rings (SSSR count). The first-order valence-electron chi connectivity index (χ1n) is 7.77. The van der Waals surface area contributed by atoms with Gasteiger partial charge in [-0.15, -0.1) is 12.4 Å². The minimum atomic E-state index is -0.473. The molecule has 1 aromatic heterocycles. The van der Waals surface area contributed by atoms with Crippen LogP contribution in [0.25, 0.3) is 0 Å². The number of benzene rings is 1. The zero-order chi connectivity index (χ0) is 16.0. The van der Waals surface area contributed by atoms with Crippen LogP contribution in [0.4, 0.5) is 5.69 Å². The van der Waals surface area contributed by atoms with Gasteiger partial charge in [-0.2, -0.15) is 4.98 Å². The lowest BCUT2D eigenvalue weighted by Crippen LogP contribution is -2.44. The van der Waals surface area contributed by atoms with E-state index in [0.717, 1.165) is 24.9 Å². The molecule has 2 N–H and O–H groups in total. The standard InChI is InChI=1S/C16H17ClN4O2.ClH/c17-10-2-4-11(5-3-10)21-9-6-12(14(21)22)13-19-15(20-23-13)16(18)7-1-8-16;/h2-5,12H,1,6-9,18H2;1H. The van der Waals surface area contributed by atoms with Crippen molar-refractivity contribution in [2.45, 2.75) is 37.1 Å². The van der Waals surface area contributed by atoms with Gasteiger partial charge in [0.05, 0.1) is 5.54 Å². The molecule has 1 aromatic carbocycles. The van der Waals surface area contributed by atoms with Crippen molar-refractivity contribution < 1.29 is 9.32 Å². The molecule has 8 heteroatoms. The molecule has 2 heterocycles. The number of hydrogen-bond acceptors (Lipinski definition) is 5. The Morgan fingerprint density at radius 3 is 2.62 bits per heavy atom. The third kappa shape index (κ3) is 2.79. The van der Waals surface area contributed by atoms with E-state index in [1.807, 2.05) is 12.1 Å². The Balaban J connectivity index is 0.00000169. The van der Waals surface area contributed by atoms with E-state index >= 15 is 0 Å². The molecule has 2 fully saturated rings. The van der Waals surface area contributed by atoms with E-state index in [1.54, 1.807) is 17.0 Å². The molecule has 1 aliphatic heterocycles. The number of rotatable bonds is 3. The average Bonchev–Trinajstić information content (AvgIpc) is 3.13. The zero-order valence-electron chi connectivity index (χ0n) is 12.9. The monoisotopic (exact) mass is 368 g/mol. The summed E-state index contributed by atoms with van der Waals surface area (Å²) in [6, 6.07) is 7.23. The Kier molecular flexibility index (Phi) is 4.55. The number of aromatic nitrogens is 2. The molecule has 0 spiro atoms. The third-order valence-corrected chi connectivity index (χ3v) is 5.03. The largest absolute Gasteiger partial charge is 0.338 e. The van der Waals surface area contributed by atoms with Crippen molar-refractivity contribution in [2.75, 3.05) is 11.4 Å². The fourth-order valence-electron chi connectivity index (χ4n) is 3.15. The molecule has 6 nitrogen and oxygen atoms in total. The van der Waals surface area contributed by atoms with Crippen LogP contribution in [0.5, 0.6) is 0 Å². The fraction of sp³-hybridized carbons (Fsp3) is 0.438. The van der Waals surface area contributed by atoms with Crippen molar-refractivity contribution in [2.24, 2.45) is 5.73 Å². The van der Waals surface area contributed by atoms with Crippen LogP contribution in [0.3, 0.4) is 0 Å².